The predicted octanol–water partition coefficient (Wildman–Crippen LogP) is 5.80. The SMILES string of the molecule is O=C(PC1CCCCC1)c1c(Cl)ccc(Cl)c1Cl. The molecule has 1 aromatic rings. The molecule has 0 aromatic heterocycles. The molecule has 0 heterocycles. The second-order valence-corrected chi connectivity index (χ2v) is 7.28. The second-order valence-electron chi connectivity index (χ2n) is 4.53. The Balaban J connectivity index is 2.15. The average molecular weight is 324 g/mol. The molecule has 0 radical (unpaired) electrons. The quantitative estimate of drug-likeness (QED) is 0.507. The van der Waals surface area contributed by atoms with Crippen molar-refractivity contribution in [2.24, 2.45) is 0 Å². The summed E-state index contributed by atoms with van der Waals surface area (Å²) in [6.07, 6.45) is 6.01. The van der Waals surface area contributed by atoms with Gasteiger partial charge in [-0.2, -0.15) is 0 Å². The maximum atomic E-state index is 12.3. The van der Waals surface area contributed by atoms with Crippen molar-refractivity contribution >= 4 is 48.9 Å². The van der Waals surface area contributed by atoms with E-state index in [-0.39, 0.29) is 19.1 Å². The van der Waals surface area contributed by atoms with Crippen LogP contribution in [0.15, 0.2) is 12.1 Å². The third-order valence-electron chi connectivity index (χ3n) is 3.21. The van der Waals surface area contributed by atoms with Crippen molar-refractivity contribution in [1.29, 1.82) is 0 Å². The Morgan fingerprint density at radius 2 is 1.67 bits per heavy atom. The fourth-order valence-corrected chi connectivity index (χ4v) is 4.57. The summed E-state index contributed by atoms with van der Waals surface area (Å²) in [5, 5.41) is 1.08. The van der Waals surface area contributed by atoms with Crippen LogP contribution >= 0.6 is 43.4 Å². The van der Waals surface area contributed by atoms with Gasteiger partial charge in [0.05, 0.1) is 20.6 Å². The van der Waals surface area contributed by atoms with Gasteiger partial charge in [-0.15, -0.1) is 0 Å². The van der Waals surface area contributed by atoms with E-state index in [2.05, 4.69) is 0 Å². The number of hydrogen-bond donors (Lipinski definition) is 0. The van der Waals surface area contributed by atoms with Crippen LogP contribution in [-0.2, 0) is 0 Å². The summed E-state index contributed by atoms with van der Waals surface area (Å²) in [4.78, 5) is 12.3. The van der Waals surface area contributed by atoms with Gasteiger partial charge in [-0.3, -0.25) is 4.79 Å². The van der Waals surface area contributed by atoms with Crippen LogP contribution in [0.4, 0.5) is 0 Å². The first-order chi connectivity index (χ1) is 8.59. The number of carbonyl (C=O) groups is 1. The molecule has 1 nitrogen and oxygen atoms in total. The van der Waals surface area contributed by atoms with Crippen LogP contribution in [0.25, 0.3) is 0 Å². The smallest absolute Gasteiger partial charge is 0.184 e. The molecule has 0 spiro atoms. The van der Waals surface area contributed by atoms with Gasteiger partial charge in [0, 0.05) is 0 Å². The third-order valence-corrected chi connectivity index (χ3v) is 5.83. The highest BCUT2D eigenvalue weighted by atomic mass is 35.5. The third kappa shape index (κ3) is 3.39. The Hall–Kier alpha value is 0.190. The first-order valence-corrected chi connectivity index (χ1v) is 8.25. The Bertz CT molecular complexity index is 456. The highest BCUT2D eigenvalue weighted by Gasteiger charge is 2.22. The fraction of sp³-hybridized carbons (Fsp3) is 0.462. The summed E-state index contributed by atoms with van der Waals surface area (Å²) in [5.41, 5.74) is 0.937. The minimum Gasteiger partial charge on any atom is -0.289 e. The Labute approximate surface area is 124 Å². The van der Waals surface area contributed by atoms with E-state index >= 15 is 0 Å². The molecule has 1 aliphatic rings. The maximum Gasteiger partial charge on any atom is 0.184 e. The van der Waals surface area contributed by atoms with Gasteiger partial charge in [0.2, 0.25) is 0 Å². The van der Waals surface area contributed by atoms with Crippen molar-refractivity contribution < 1.29 is 4.79 Å². The first-order valence-electron chi connectivity index (χ1n) is 6.04. The molecule has 0 aliphatic heterocycles. The molecule has 1 fully saturated rings. The Kier molecular flexibility index (Phi) is 5.33. The van der Waals surface area contributed by atoms with E-state index in [4.69, 9.17) is 34.8 Å². The van der Waals surface area contributed by atoms with Crippen molar-refractivity contribution in [3.8, 4) is 0 Å². The molecular formula is C13H14Cl3OP. The van der Waals surface area contributed by atoms with E-state index in [1.165, 1.54) is 19.3 Å². The molecule has 1 atom stereocenters. The molecule has 1 aliphatic carbocycles. The second kappa shape index (κ2) is 6.57. The average Bonchev–Trinajstić information content (AvgIpc) is 2.36. The largest absolute Gasteiger partial charge is 0.289 e. The van der Waals surface area contributed by atoms with Crippen LogP contribution < -0.4 is 0 Å². The summed E-state index contributed by atoms with van der Waals surface area (Å²) < 4.78 is 0. The highest BCUT2D eigenvalue weighted by molar-refractivity contribution is 7.59. The monoisotopic (exact) mass is 322 g/mol. The number of rotatable bonds is 3. The van der Waals surface area contributed by atoms with Crippen LogP contribution in [-0.4, -0.2) is 11.2 Å². The Morgan fingerprint density at radius 3 is 2.33 bits per heavy atom. The van der Waals surface area contributed by atoms with Crippen LogP contribution in [0.1, 0.15) is 42.5 Å². The van der Waals surface area contributed by atoms with E-state index in [1.807, 2.05) is 0 Å². The van der Waals surface area contributed by atoms with Crippen molar-refractivity contribution in [3.63, 3.8) is 0 Å². The van der Waals surface area contributed by atoms with Gasteiger partial charge in [0.15, 0.2) is 5.52 Å². The van der Waals surface area contributed by atoms with Crippen molar-refractivity contribution in [2.45, 2.75) is 37.8 Å². The summed E-state index contributed by atoms with van der Waals surface area (Å²) in [5.74, 6) is 0. The van der Waals surface area contributed by atoms with Gasteiger partial charge < -0.3 is 0 Å². The zero-order valence-electron chi connectivity index (χ0n) is 9.81. The van der Waals surface area contributed by atoms with Gasteiger partial charge in [0.1, 0.15) is 0 Å². The molecule has 0 N–H and O–H groups in total. The molecule has 1 aromatic carbocycles. The maximum absolute atomic E-state index is 12.3. The summed E-state index contributed by atoms with van der Waals surface area (Å²) in [6, 6.07) is 3.25. The van der Waals surface area contributed by atoms with Crippen LogP contribution in [0, 0.1) is 0 Å². The van der Waals surface area contributed by atoms with E-state index < -0.39 is 0 Å². The van der Waals surface area contributed by atoms with E-state index in [0.717, 1.165) is 12.8 Å². The molecule has 2 rings (SSSR count). The molecule has 98 valence electrons. The number of halogens is 3. The molecule has 1 saturated carbocycles. The lowest BCUT2D eigenvalue weighted by Crippen LogP contribution is -2.10. The number of carbonyl (C=O) groups excluding carboxylic acids is 1. The van der Waals surface area contributed by atoms with Crippen LogP contribution in [0.2, 0.25) is 15.1 Å². The van der Waals surface area contributed by atoms with Crippen LogP contribution in [0.5, 0.6) is 0 Å². The summed E-state index contributed by atoms with van der Waals surface area (Å²) in [7, 11) is 0.255. The normalized spacial score (nSPS) is 17.5. The molecule has 18 heavy (non-hydrogen) atoms. The Morgan fingerprint density at radius 1 is 1.06 bits per heavy atom. The van der Waals surface area contributed by atoms with Gasteiger partial charge in [-0.1, -0.05) is 54.1 Å². The zero-order chi connectivity index (χ0) is 13.1. The van der Waals surface area contributed by atoms with Crippen molar-refractivity contribution in [1.82, 2.24) is 0 Å². The van der Waals surface area contributed by atoms with E-state index in [9.17, 15) is 4.79 Å². The van der Waals surface area contributed by atoms with Crippen molar-refractivity contribution in [2.75, 3.05) is 0 Å². The summed E-state index contributed by atoms with van der Waals surface area (Å²) in [6.45, 7) is 0. The number of hydrogen-bond acceptors (Lipinski definition) is 1. The van der Waals surface area contributed by atoms with Gasteiger partial charge >= 0.3 is 0 Å². The zero-order valence-corrected chi connectivity index (χ0v) is 13.1. The van der Waals surface area contributed by atoms with Gasteiger partial charge in [-0.05, 0) is 39.2 Å². The standard InChI is InChI=1S/C13H14Cl3OP/c14-9-6-7-10(15)12(16)11(9)13(17)18-8-4-2-1-3-5-8/h6-8,18H,1-5H2. The van der Waals surface area contributed by atoms with Gasteiger partial charge in [-0.25, -0.2) is 0 Å². The van der Waals surface area contributed by atoms with E-state index in [1.54, 1.807) is 12.1 Å². The molecular weight excluding hydrogens is 309 g/mol. The lowest BCUT2D eigenvalue weighted by Gasteiger charge is -2.21. The van der Waals surface area contributed by atoms with E-state index in [0.29, 0.717) is 21.3 Å². The highest BCUT2D eigenvalue weighted by Crippen LogP contribution is 2.40. The first kappa shape index (κ1) is 14.6. The molecule has 0 saturated heterocycles. The molecule has 1 unspecified atom stereocenters. The minimum atomic E-state index is 0.0411. The van der Waals surface area contributed by atoms with Crippen LogP contribution in [0.3, 0.4) is 0 Å². The van der Waals surface area contributed by atoms with Crippen molar-refractivity contribution in [3.05, 3.63) is 32.8 Å². The lowest BCUT2D eigenvalue weighted by molar-refractivity contribution is 0.108. The molecule has 0 amide bonds. The topological polar surface area (TPSA) is 17.1 Å². The lowest BCUT2D eigenvalue weighted by atomic mass is 10.0. The summed E-state index contributed by atoms with van der Waals surface area (Å²) >= 11 is 18.1. The fourth-order valence-electron chi connectivity index (χ4n) is 2.24. The predicted molar refractivity (Wildman–Crippen MR) is 81.0 cm³/mol. The molecule has 5 heteroatoms. The molecule has 0 bridgehead atoms. The number of benzene rings is 1. The van der Waals surface area contributed by atoms with Gasteiger partial charge in [0.25, 0.3) is 0 Å². The minimum absolute atomic E-state index is 0.0411.